The van der Waals surface area contributed by atoms with Crippen molar-refractivity contribution in [2.24, 2.45) is 7.05 Å². The molecule has 0 aliphatic carbocycles. The molecule has 0 amide bonds. The molecule has 0 aliphatic rings. The molecule has 2 N–H and O–H groups in total. The highest BCUT2D eigenvalue weighted by atomic mass is 19.1. The van der Waals surface area contributed by atoms with Gasteiger partial charge < -0.3 is 10.4 Å². The third kappa shape index (κ3) is 2.25. The molecule has 0 fully saturated rings. The van der Waals surface area contributed by atoms with Gasteiger partial charge in [0.05, 0.1) is 23.1 Å². The highest BCUT2D eigenvalue weighted by molar-refractivity contribution is 5.95. The molecular weight excluding hydrogens is 225 g/mol. The number of hydrogen-bond acceptors (Lipinski definition) is 3. The highest BCUT2D eigenvalue weighted by Crippen LogP contribution is 2.23. The zero-order valence-corrected chi connectivity index (χ0v) is 9.01. The number of para-hydroxylation sites is 1. The van der Waals surface area contributed by atoms with E-state index < -0.39 is 11.8 Å². The number of nitrogens with one attached hydrogen (secondary N) is 1. The van der Waals surface area contributed by atoms with E-state index in [0.717, 1.165) is 0 Å². The number of aromatic nitrogens is 2. The third-order valence-corrected chi connectivity index (χ3v) is 2.22. The molecule has 0 bridgehead atoms. The van der Waals surface area contributed by atoms with E-state index in [1.807, 2.05) is 0 Å². The summed E-state index contributed by atoms with van der Waals surface area (Å²) < 4.78 is 15.1. The van der Waals surface area contributed by atoms with Crippen molar-refractivity contribution in [3.63, 3.8) is 0 Å². The van der Waals surface area contributed by atoms with E-state index in [9.17, 15) is 9.18 Å². The molecule has 2 rings (SSSR count). The van der Waals surface area contributed by atoms with Crippen molar-refractivity contribution < 1.29 is 14.3 Å². The molecule has 0 saturated heterocycles. The first-order valence-corrected chi connectivity index (χ1v) is 4.85. The van der Waals surface area contributed by atoms with Crippen LogP contribution in [0.25, 0.3) is 0 Å². The van der Waals surface area contributed by atoms with Crippen LogP contribution in [0.4, 0.5) is 15.8 Å². The minimum absolute atomic E-state index is 0.0620. The van der Waals surface area contributed by atoms with Crippen LogP contribution in [0.5, 0.6) is 0 Å². The average Bonchev–Trinajstić information content (AvgIpc) is 2.67. The van der Waals surface area contributed by atoms with Crippen LogP contribution >= 0.6 is 0 Å². The minimum Gasteiger partial charge on any atom is -0.478 e. The van der Waals surface area contributed by atoms with Gasteiger partial charge in [-0.05, 0) is 12.1 Å². The van der Waals surface area contributed by atoms with Crippen LogP contribution < -0.4 is 5.32 Å². The second-order valence-corrected chi connectivity index (χ2v) is 3.50. The molecule has 17 heavy (non-hydrogen) atoms. The number of halogens is 1. The van der Waals surface area contributed by atoms with Crippen LogP contribution in [0.3, 0.4) is 0 Å². The van der Waals surface area contributed by atoms with E-state index in [-0.39, 0.29) is 11.3 Å². The Morgan fingerprint density at radius 3 is 2.88 bits per heavy atom. The van der Waals surface area contributed by atoms with Crippen LogP contribution in [0.2, 0.25) is 0 Å². The first-order valence-electron chi connectivity index (χ1n) is 4.85. The summed E-state index contributed by atoms with van der Waals surface area (Å²) in [6.45, 7) is 0. The van der Waals surface area contributed by atoms with Crippen molar-refractivity contribution in [3.05, 3.63) is 42.0 Å². The number of aryl methyl sites for hydroxylation is 1. The predicted octanol–water partition coefficient (Wildman–Crippen LogP) is 2.00. The number of rotatable bonds is 3. The van der Waals surface area contributed by atoms with Gasteiger partial charge in [0.1, 0.15) is 5.82 Å². The molecule has 6 heteroatoms. The number of benzene rings is 1. The molecule has 0 atom stereocenters. The molecule has 0 unspecified atom stereocenters. The summed E-state index contributed by atoms with van der Waals surface area (Å²) in [6.07, 6.45) is 3.11. The molecule has 5 nitrogen and oxygen atoms in total. The number of hydrogen-bond donors (Lipinski definition) is 2. The molecule has 0 saturated carbocycles. The van der Waals surface area contributed by atoms with E-state index in [1.54, 1.807) is 13.2 Å². The summed E-state index contributed by atoms with van der Waals surface area (Å²) in [5.74, 6) is -1.80. The molecule has 0 spiro atoms. The van der Waals surface area contributed by atoms with Gasteiger partial charge in [0.2, 0.25) is 0 Å². The maximum absolute atomic E-state index is 13.5. The number of aromatic carboxylic acids is 1. The molecule has 1 aromatic heterocycles. The number of anilines is 2. The van der Waals surface area contributed by atoms with Crippen LogP contribution in [-0.4, -0.2) is 20.9 Å². The molecule has 2 aromatic rings. The van der Waals surface area contributed by atoms with Gasteiger partial charge in [-0.15, -0.1) is 0 Å². The molecule has 88 valence electrons. The van der Waals surface area contributed by atoms with Gasteiger partial charge in [-0.1, -0.05) is 6.07 Å². The fourth-order valence-corrected chi connectivity index (χ4v) is 1.46. The largest absolute Gasteiger partial charge is 0.478 e. The zero-order chi connectivity index (χ0) is 12.4. The Morgan fingerprint density at radius 1 is 1.53 bits per heavy atom. The Kier molecular flexibility index (Phi) is 2.78. The average molecular weight is 235 g/mol. The second-order valence-electron chi connectivity index (χ2n) is 3.50. The Bertz CT molecular complexity index is 566. The third-order valence-electron chi connectivity index (χ3n) is 2.22. The van der Waals surface area contributed by atoms with Gasteiger partial charge in [-0.25, -0.2) is 9.18 Å². The lowest BCUT2D eigenvalue weighted by atomic mass is 10.1. The van der Waals surface area contributed by atoms with E-state index in [2.05, 4.69) is 10.4 Å². The number of nitrogens with zero attached hydrogens (tertiary/aromatic N) is 2. The molecule has 1 aromatic carbocycles. The number of carboxylic acid groups (broad SMARTS) is 1. The standard InChI is InChI=1S/C11H10FN3O2/c1-15-6-7(5-13-15)14-10-8(11(16)17)3-2-4-9(10)12/h2-6,14H,1H3,(H,16,17). The van der Waals surface area contributed by atoms with E-state index in [0.29, 0.717) is 5.69 Å². The summed E-state index contributed by atoms with van der Waals surface area (Å²) in [5.41, 5.74) is 0.349. The maximum Gasteiger partial charge on any atom is 0.337 e. The summed E-state index contributed by atoms with van der Waals surface area (Å²) in [7, 11) is 1.71. The predicted molar refractivity (Wildman–Crippen MR) is 59.9 cm³/mol. The first-order chi connectivity index (χ1) is 8.08. The number of carboxylic acids is 1. The van der Waals surface area contributed by atoms with Crippen molar-refractivity contribution >= 4 is 17.3 Å². The molecular formula is C11H10FN3O2. The second kappa shape index (κ2) is 4.25. The van der Waals surface area contributed by atoms with Crippen LogP contribution in [0.15, 0.2) is 30.6 Å². The van der Waals surface area contributed by atoms with E-state index in [1.165, 1.54) is 29.1 Å². The molecule has 0 radical (unpaired) electrons. The Hall–Kier alpha value is -2.37. The van der Waals surface area contributed by atoms with Crippen LogP contribution in [0.1, 0.15) is 10.4 Å². The van der Waals surface area contributed by atoms with Gasteiger partial charge in [0.25, 0.3) is 0 Å². The lowest BCUT2D eigenvalue weighted by Crippen LogP contribution is -2.04. The Balaban J connectivity index is 2.40. The monoisotopic (exact) mass is 235 g/mol. The minimum atomic E-state index is -1.18. The van der Waals surface area contributed by atoms with Gasteiger partial charge in [-0.2, -0.15) is 5.10 Å². The molecule has 1 heterocycles. The molecule has 0 aliphatic heterocycles. The lowest BCUT2D eigenvalue weighted by molar-refractivity contribution is 0.0697. The fourth-order valence-electron chi connectivity index (χ4n) is 1.46. The quantitative estimate of drug-likeness (QED) is 0.853. The van der Waals surface area contributed by atoms with Gasteiger partial charge >= 0.3 is 5.97 Å². The smallest absolute Gasteiger partial charge is 0.337 e. The fraction of sp³-hybridized carbons (Fsp3) is 0.0909. The SMILES string of the molecule is Cn1cc(Nc2c(F)cccc2C(=O)O)cn1. The van der Waals surface area contributed by atoms with Crippen LogP contribution in [-0.2, 0) is 7.05 Å². The van der Waals surface area contributed by atoms with Crippen molar-refractivity contribution in [2.75, 3.05) is 5.32 Å². The van der Waals surface area contributed by atoms with E-state index >= 15 is 0 Å². The van der Waals surface area contributed by atoms with Crippen molar-refractivity contribution in [1.82, 2.24) is 9.78 Å². The normalized spacial score (nSPS) is 10.2. The van der Waals surface area contributed by atoms with Gasteiger partial charge in [0.15, 0.2) is 0 Å². The highest BCUT2D eigenvalue weighted by Gasteiger charge is 2.14. The summed E-state index contributed by atoms with van der Waals surface area (Å²) in [6, 6.07) is 3.89. The number of carbonyl (C=O) groups is 1. The van der Waals surface area contributed by atoms with Crippen molar-refractivity contribution in [3.8, 4) is 0 Å². The zero-order valence-electron chi connectivity index (χ0n) is 9.01. The Labute approximate surface area is 96.5 Å². The topological polar surface area (TPSA) is 67.2 Å². The maximum atomic E-state index is 13.5. The van der Waals surface area contributed by atoms with Gasteiger partial charge in [-0.3, -0.25) is 4.68 Å². The van der Waals surface area contributed by atoms with E-state index in [4.69, 9.17) is 5.11 Å². The summed E-state index contributed by atoms with van der Waals surface area (Å²) >= 11 is 0. The lowest BCUT2D eigenvalue weighted by Gasteiger charge is -2.08. The first kappa shape index (κ1) is 11.1. The van der Waals surface area contributed by atoms with Crippen molar-refractivity contribution in [2.45, 2.75) is 0 Å². The Morgan fingerprint density at radius 2 is 2.29 bits per heavy atom. The van der Waals surface area contributed by atoms with Gasteiger partial charge in [0, 0.05) is 13.2 Å². The summed E-state index contributed by atoms with van der Waals surface area (Å²) in [4.78, 5) is 10.9. The summed E-state index contributed by atoms with van der Waals surface area (Å²) in [5, 5.41) is 15.6. The van der Waals surface area contributed by atoms with Crippen molar-refractivity contribution in [1.29, 1.82) is 0 Å². The van der Waals surface area contributed by atoms with Crippen LogP contribution in [0, 0.1) is 5.82 Å².